The number of ether oxygens (including phenoxy) is 1. The van der Waals surface area contributed by atoms with Crippen molar-refractivity contribution in [2.75, 3.05) is 25.1 Å². The Labute approximate surface area is 195 Å². The monoisotopic (exact) mass is 448 g/mol. The molecule has 0 aromatic carbocycles. The fraction of sp³-hybridized carbons (Fsp3) is 0.480. The molecule has 0 amide bonds. The van der Waals surface area contributed by atoms with Gasteiger partial charge >= 0.3 is 0 Å². The lowest BCUT2D eigenvalue weighted by Gasteiger charge is -2.23. The highest BCUT2D eigenvalue weighted by Gasteiger charge is 2.24. The van der Waals surface area contributed by atoms with Gasteiger partial charge in [0.15, 0.2) is 11.6 Å². The SMILES string of the molecule is CN(CC(=O)CC(C)(C)C)c1nc(-c2cc(OCCn3ccnc3)ccn2)nc2c1CCC2. The molecule has 0 saturated carbocycles. The van der Waals surface area contributed by atoms with Crippen LogP contribution in [-0.2, 0) is 24.2 Å². The summed E-state index contributed by atoms with van der Waals surface area (Å²) in [5.41, 5.74) is 2.84. The summed E-state index contributed by atoms with van der Waals surface area (Å²) in [7, 11) is 1.94. The molecule has 8 nitrogen and oxygen atoms in total. The molecule has 174 valence electrons. The first kappa shape index (κ1) is 22.9. The second-order valence-corrected chi connectivity index (χ2v) is 9.81. The Morgan fingerprint density at radius 3 is 2.82 bits per heavy atom. The quantitative estimate of drug-likeness (QED) is 0.493. The topological polar surface area (TPSA) is 86.0 Å². The highest BCUT2D eigenvalue weighted by atomic mass is 16.5. The number of hydrogen-bond donors (Lipinski definition) is 0. The Morgan fingerprint density at radius 1 is 1.21 bits per heavy atom. The van der Waals surface area contributed by atoms with E-state index in [0.29, 0.717) is 37.6 Å². The largest absolute Gasteiger partial charge is 0.492 e. The normalized spacial score (nSPS) is 13.1. The summed E-state index contributed by atoms with van der Waals surface area (Å²) in [5, 5.41) is 0. The van der Waals surface area contributed by atoms with Crippen LogP contribution < -0.4 is 9.64 Å². The van der Waals surface area contributed by atoms with E-state index in [9.17, 15) is 4.79 Å². The van der Waals surface area contributed by atoms with Gasteiger partial charge in [0.1, 0.15) is 23.9 Å². The maximum absolute atomic E-state index is 12.6. The Hall–Kier alpha value is -3.29. The predicted molar refractivity (Wildman–Crippen MR) is 127 cm³/mol. The molecule has 4 rings (SSSR count). The number of carbonyl (C=O) groups excluding carboxylic acids is 1. The summed E-state index contributed by atoms with van der Waals surface area (Å²) in [4.78, 5) is 32.8. The van der Waals surface area contributed by atoms with Crippen molar-refractivity contribution >= 4 is 11.6 Å². The number of imidazole rings is 1. The van der Waals surface area contributed by atoms with Crippen molar-refractivity contribution in [3.05, 3.63) is 48.3 Å². The number of likely N-dealkylation sites (N-methyl/N-ethyl adjacent to an activating group) is 1. The first-order valence-electron chi connectivity index (χ1n) is 11.5. The second-order valence-electron chi connectivity index (χ2n) is 9.81. The van der Waals surface area contributed by atoms with Crippen LogP contribution in [0.15, 0.2) is 37.1 Å². The fourth-order valence-electron chi connectivity index (χ4n) is 4.14. The molecule has 0 N–H and O–H groups in total. The fourth-order valence-corrected chi connectivity index (χ4v) is 4.14. The van der Waals surface area contributed by atoms with E-state index in [2.05, 4.69) is 30.7 Å². The minimum absolute atomic E-state index is 0.0288. The molecular weight excluding hydrogens is 416 g/mol. The molecule has 0 saturated heterocycles. The van der Waals surface area contributed by atoms with Gasteiger partial charge in [-0.3, -0.25) is 9.78 Å². The van der Waals surface area contributed by atoms with Crippen molar-refractivity contribution in [2.45, 2.75) is 53.0 Å². The molecule has 0 aliphatic heterocycles. The van der Waals surface area contributed by atoms with Crippen LogP contribution in [0.25, 0.3) is 11.5 Å². The van der Waals surface area contributed by atoms with Crippen LogP contribution in [0.1, 0.15) is 44.9 Å². The Morgan fingerprint density at radius 2 is 2.06 bits per heavy atom. The van der Waals surface area contributed by atoms with Gasteiger partial charge in [0.25, 0.3) is 0 Å². The van der Waals surface area contributed by atoms with Gasteiger partial charge in [-0.25, -0.2) is 15.0 Å². The summed E-state index contributed by atoms with van der Waals surface area (Å²) in [6.07, 6.45) is 10.6. The van der Waals surface area contributed by atoms with Crippen LogP contribution in [-0.4, -0.2) is 50.5 Å². The van der Waals surface area contributed by atoms with Crippen molar-refractivity contribution in [3.8, 4) is 17.3 Å². The first-order chi connectivity index (χ1) is 15.8. The molecule has 1 aliphatic rings. The zero-order valence-corrected chi connectivity index (χ0v) is 19.9. The van der Waals surface area contributed by atoms with Crippen LogP contribution in [0.5, 0.6) is 5.75 Å². The Kier molecular flexibility index (Phi) is 6.72. The molecule has 1 aliphatic carbocycles. The molecule has 0 bridgehead atoms. The molecule has 3 aromatic heterocycles. The van der Waals surface area contributed by atoms with Gasteiger partial charge in [0.2, 0.25) is 0 Å². The molecule has 0 spiro atoms. The summed E-state index contributed by atoms with van der Waals surface area (Å²) in [6, 6.07) is 3.71. The molecule has 3 heterocycles. The van der Waals surface area contributed by atoms with Crippen LogP contribution in [0, 0.1) is 5.41 Å². The third-order valence-electron chi connectivity index (χ3n) is 5.55. The van der Waals surface area contributed by atoms with E-state index in [1.54, 1.807) is 18.7 Å². The second kappa shape index (κ2) is 9.68. The van der Waals surface area contributed by atoms with Crippen molar-refractivity contribution in [1.29, 1.82) is 0 Å². The minimum Gasteiger partial charge on any atom is -0.492 e. The smallest absolute Gasteiger partial charge is 0.180 e. The van der Waals surface area contributed by atoms with E-state index in [1.165, 1.54) is 0 Å². The summed E-state index contributed by atoms with van der Waals surface area (Å²) >= 11 is 0. The van der Waals surface area contributed by atoms with Crippen molar-refractivity contribution in [2.24, 2.45) is 5.41 Å². The zero-order valence-electron chi connectivity index (χ0n) is 19.9. The maximum Gasteiger partial charge on any atom is 0.180 e. The van der Waals surface area contributed by atoms with E-state index in [4.69, 9.17) is 14.7 Å². The standard InChI is InChI=1S/C25H32N6O2/c1-25(2,3)15-18(32)16-30(4)24-20-6-5-7-21(20)28-23(29-24)22-14-19(8-9-27-22)33-13-12-31-11-10-26-17-31/h8-11,14,17H,5-7,12-13,15-16H2,1-4H3. The van der Waals surface area contributed by atoms with E-state index in [1.807, 2.05) is 34.8 Å². The number of Topliss-reactive ketones (excluding diaryl/α,β-unsaturated/α-hetero) is 1. The number of anilines is 1. The lowest BCUT2D eigenvalue weighted by Crippen LogP contribution is -2.30. The minimum atomic E-state index is -0.0288. The van der Waals surface area contributed by atoms with Gasteiger partial charge in [-0.2, -0.15) is 0 Å². The predicted octanol–water partition coefficient (Wildman–Crippen LogP) is 3.74. The number of aromatic nitrogens is 5. The lowest BCUT2D eigenvalue weighted by molar-refractivity contribution is -0.119. The third kappa shape index (κ3) is 5.94. The summed E-state index contributed by atoms with van der Waals surface area (Å²) in [5.74, 6) is 2.34. The van der Waals surface area contributed by atoms with Crippen molar-refractivity contribution < 1.29 is 9.53 Å². The first-order valence-corrected chi connectivity index (χ1v) is 11.5. The number of rotatable bonds is 9. The number of pyridine rings is 1. The van der Waals surface area contributed by atoms with E-state index >= 15 is 0 Å². The molecule has 0 unspecified atom stereocenters. The van der Waals surface area contributed by atoms with Crippen LogP contribution in [0.4, 0.5) is 5.82 Å². The summed E-state index contributed by atoms with van der Waals surface area (Å²) in [6.45, 7) is 7.83. The highest BCUT2D eigenvalue weighted by molar-refractivity contribution is 5.84. The van der Waals surface area contributed by atoms with E-state index in [-0.39, 0.29) is 11.2 Å². The third-order valence-corrected chi connectivity index (χ3v) is 5.55. The zero-order chi connectivity index (χ0) is 23.4. The number of ketones is 1. The highest BCUT2D eigenvalue weighted by Crippen LogP contribution is 2.31. The number of nitrogens with zero attached hydrogens (tertiary/aromatic N) is 6. The average Bonchev–Trinajstić information content (AvgIpc) is 3.43. The van der Waals surface area contributed by atoms with Crippen molar-refractivity contribution in [1.82, 2.24) is 24.5 Å². The average molecular weight is 449 g/mol. The van der Waals surface area contributed by atoms with Gasteiger partial charge < -0.3 is 14.2 Å². The van der Waals surface area contributed by atoms with Gasteiger partial charge in [-0.05, 0) is 30.7 Å². The number of aryl methyl sites for hydroxylation is 1. The molecular formula is C25H32N6O2. The van der Waals surface area contributed by atoms with Gasteiger partial charge in [-0.1, -0.05) is 20.8 Å². The van der Waals surface area contributed by atoms with Crippen molar-refractivity contribution in [3.63, 3.8) is 0 Å². The van der Waals surface area contributed by atoms with E-state index in [0.717, 1.165) is 42.1 Å². The lowest BCUT2D eigenvalue weighted by atomic mass is 9.90. The van der Waals surface area contributed by atoms with Crippen LogP contribution >= 0.6 is 0 Å². The molecule has 3 aromatic rings. The molecule has 8 heteroatoms. The molecule has 0 radical (unpaired) electrons. The number of carbonyl (C=O) groups is 1. The Balaban J connectivity index is 1.53. The van der Waals surface area contributed by atoms with Crippen LogP contribution in [0.2, 0.25) is 0 Å². The molecule has 33 heavy (non-hydrogen) atoms. The van der Waals surface area contributed by atoms with Gasteiger partial charge in [-0.15, -0.1) is 0 Å². The maximum atomic E-state index is 12.6. The number of fused-ring (bicyclic) bond motifs is 1. The molecule has 0 atom stereocenters. The molecule has 0 fully saturated rings. The van der Waals surface area contributed by atoms with E-state index < -0.39 is 0 Å². The van der Waals surface area contributed by atoms with Gasteiger partial charge in [0, 0.05) is 49.4 Å². The van der Waals surface area contributed by atoms with Gasteiger partial charge in [0.05, 0.1) is 19.4 Å². The summed E-state index contributed by atoms with van der Waals surface area (Å²) < 4.78 is 7.88. The number of hydrogen-bond acceptors (Lipinski definition) is 7. The Bertz CT molecular complexity index is 1100. The van der Waals surface area contributed by atoms with Crippen LogP contribution in [0.3, 0.4) is 0 Å².